The van der Waals surface area contributed by atoms with Gasteiger partial charge in [0, 0.05) is 72.6 Å². The minimum absolute atomic E-state index is 0.235. The van der Waals surface area contributed by atoms with E-state index in [1.807, 2.05) is 30.5 Å². The van der Waals surface area contributed by atoms with Crippen LogP contribution in [-0.4, -0.2) is 38.9 Å². The van der Waals surface area contributed by atoms with Crippen LogP contribution in [0.5, 0.6) is 0 Å². The molecule has 0 bridgehead atoms. The number of halogens is 1. The first-order chi connectivity index (χ1) is 17.7. The first kappa shape index (κ1) is 22.2. The quantitative estimate of drug-likeness (QED) is 0.360. The Labute approximate surface area is 207 Å². The van der Waals surface area contributed by atoms with Gasteiger partial charge in [-0.15, -0.1) is 0 Å². The number of nitrogens with zero attached hydrogens (tertiary/aromatic N) is 4. The van der Waals surface area contributed by atoms with E-state index in [1.165, 1.54) is 12.5 Å². The van der Waals surface area contributed by atoms with E-state index in [4.69, 9.17) is 0 Å². The number of pyridine rings is 3. The summed E-state index contributed by atoms with van der Waals surface area (Å²) in [5.74, 6) is -0.601. The van der Waals surface area contributed by atoms with Gasteiger partial charge in [-0.25, -0.2) is 9.37 Å². The van der Waals surface area contributed by atoms with Crippen LogP contribution in [0, 0.1) is 5.82 Å². The largest absolute Gasteiger partial charge is 0.371 e. The molecule has 180 valence electrons. The fraction of sp³-hybridized carbons (Fsp3) is 0.214. The van der Waals surface area contributed by atoms with Crippen LogP contribution >= 0.6 is 0 Å². The summed E-state index contributed by atoms with van der Waals surface area (Å²) in [6, 6.07) is 11.0. The first-order valence-electron chi connectivity index (χ1n) is 12.2. The number of aromatic nitrogens is 4. The van der Waals surface area contributed by atoms with Crippen LogP contribution in [0.2, 0.25) is 0 Å². The normalized spacial score (nSPS) is 13.9. The lowest BCUT2D eigenvalue weighted by atomic mass is 10.0. The standard InChI is InChI=1S/C28H25FN6O/c29-24-13-19(11-22-25(6-8-31-26(22)24)35-9-2-1-3-10-35)23-17-33-27-21(23)12-20(16-32-27)28(36)34-15-18-5-4-7-30-14-18/h4-8,11-14,16-17H,1-3,9-10,15H2,(H,32,33)(H,34,36). The minimum atomic E-state index is -0.367. The predicted molar refractivity (Wildman–Crippen MR) is 138 cm³/mol. The minimum Gasteiger partial charge on any atom is -0.371 e. The molecule has 2 N–H and O–H groups in total. The highest BCUT2D eigenvalue weighted by Gasteiger charge is 2.18. The summed E-state index contributed by atoms with van der Waals surface area (Å²) in [6.45, 7) is 2.28. The number of piperidine rings is 1. The number of anilines is 1. The SMILES string of the molecule is O=C(NCc1cccnc1)c1cnc2[nH]cc(-c3cc(F)c4nccc(N5CCCCC5)c4c3)c2c1. The fourth-order valence-corrected chi connectivity index (χ4v) is 4.92. The Hall–Kier alpha value is -4.33. The molecule has 0 radical (unpaired) electrons. The van der Waals surface area contributed by atoms with Gasteiger partial charge in [-0.3, -0.25) is 14.8 Å². The van der Waals surface area contributed by atoms with E-state index in [0.29, 0.717) is 28.8 Å². The average Bonchev–Trinajstić information content (AvgIpc) is 3.36. The van der Waals surface area contributed by atoms with Crippen molar-refractivity contribution in [3.63, 3.8) is 0 Å². The molecular formula is C28H25FN6O. The second-order valence-electron chi connectivity index (χ2n) is 9.10. The summed E-state index contributed by atoms with van der Waals surface area (Å²) >= 11 is 0. The topological polar surface area (TPSA) is 86.8 Å². The second kappa shape index (κ2) is 9.37. The maximum atomic E-state index is 15.3. The van der Waals surface area contributed by atoms with Crippen LogP contribution in [0.1, 0.15) is 35.2 Å². The van der Waals surface area contributed by atoms with E-state index in [0.717, 1.165) is 53.5 Å². The van der Waals surface area contributed by atoms with Crippen LogP contribution in [0.25, 0.3) is 33.1 Å². The van der Waals surface area contributed by atoms with Gasteiger partial charge in [0.15, 0.2) is 0 Å². The summed E-state index contributed by atoms with van der Waals surface area (Å²) in [5, 5.41) is 4.45. The van der Waals surface area contributed by atoms with Crippen LogP contribution in [-0.2, 0) is 6.54 Å². The number of amides is 1. The molecule has 4 aromatic heterocycles. The summed E-state index contributed by atoms with van der Waals surface area (Å²) in [4.78, 5) is 31.1. The molecule has 0 unspecified atom stereocenters. The highest BCUT2D eigenvalue weighted by atomic mass is 19.1. The molecule has 0 aliphatic carbocycles. The van der Waals surface area contributed by atoms with Crippen LogP contribution in [0.3, 0.4) is 0 Å². The van der Waals surface area contributed by atoms with Crippen molar-refractivity contribution in [3.8, 4) is 11.1 Å². The highest BCUT2D eigenvalue weighted by molar-refractivity contribution is 6.03. The number of nitrogens with one attached hydrogen (secondary N) is 2. The number of hydrogen-bond acceptors (Lipinski definition) is 5. The number of fused-ring (bicyclic) bond motifs is 2. The van der Waals surface area contributed by atoms with Crippen molar-refractivity contribution in [2.75, 3.05) is 18.0 Å². The van der Waals surface area contributed by atoms with Gasteiger partial charge in [-0.1, -0.05) is 6.07 Å². The molecule has 0 saturated carbocycles. The number of carbonyl (C=O) groups excluding carboxylic acids is 1. The van der Waals surface area contributed by atoms with E-state index in [1.54, 1.807) is 30.9 Å². The number of rotatable bonds is 5. The van der Waals surface area contributed by atoms with Crippen LogP contribution in [0.4, 0.5) is 10.1 Å². The third-order valence-corrected chi connectivity index (χ3v) is 6.75. The Morgan fingerprint density at radius 3 is 2.75 bits per heavy atom. The van der Waals surface area contributed by atoms with Gasteiger partial charge in [0.25, 0.3) is 5.91 Å². The maximum Gasteiger partial charge on any atom is 0.253 e. The zero-order valence-corrected chi connectivity index (χ0v) is 19.7. The molecule has 1 amide bonds. The Morgan fingerprint density at radius 1 is 1.03 bits per heavy atom. The maximum absolute atomic E-state index is 15.3. The zero-order valence-electron chi connectivity index (χ0n) is 19.7. The number of H-pyrrole nitrogens is 1. The molecule has 5 aromatic rings. The zero-order chi connectivity index (χ0) is 24.5. The molecule has 6 rings (SSSR count). The molecule has 36 heavy (non-hydrogen) atoms. The summed E-state index contributed by atoms with van der Waals surface area (Å²) in [5.41, 5.74) is 4.86. The van der Waals surface area contributed by atoms with Gasteiger partial charge in [0.05, 0.1) is 5.56 Å². The van der Waals surface area contributed by atoms with E-state index in [9.17, 15) is 4.79 Å². The Bertz CT molecular complexity index is 1560. The molecular weight excluding hydrogens is 455 g/mol. The summed E-state index contributed by atoms with van der Waals surface area (Å²) in [6.07, 6.45) is 11.9. The third-order valence-electron chi connectivity index (χ3n) is 6.75. The molecule has 7 nitrogen and oxygen atoms in total. The first-order valence-corrected chi connectivity index (χ1v) is 12.2. The lowest BCUT2D eigenvalue weighted by molar-refractivity contribution is 0.0950. The summed E-state index contributed by atoms with van der Waals surface area (Å²) in [7, 11) is 0. The fourth-order valence-electron chi connectivity index (χ4n) is 4.92. The number of benzene rings is 1. The molecule has 1 fully saturated rings. The molecule has 1 aliphatic rings. The molecule has 1 aliphatic heterocycles. The lowest BCUT2D eigenvalue weighted by Crippen LogP contribution is -2.29. The van der Waals surface area contributed by atoms with Crippen molar-refractivity contribution in [2.24, 2.45) is 0 Å². The van der Waals surface area contributed by atoms with E-state index in [2.05, 4.69) is 30.2 Å². The molecule has 8 heteroatoms. The molecule has 1 aromatic carbocycles. The Balaban J connectivity index is 1.37. The summed E-state index contributed by atoms with van der Waals surface area (Å²) < 4.78 is 15.3. The van der Waals surface area contributed by atoms with Crippen molar-refractivity contribution < 1.29 is 9.18 Å². The molecule has 1 saturated heterocycles. The monoisotopic (exact) mass is 480 g/mol. The van der Waals surface area contributed by atoms with Crippen LogP contribution in [0.15, 0.2) is 67.4 Å². The van der Waals surface area contributed by atoms with E-state index < -0.39 is 0 Å². The van der Waals surface area contributed by atoms with Crippen molar-refractivity contribution in [2.45, 2.75) is 25.8 Å². The van der Waals surface area contributed by atoms with Gasteiger partial charge < -0.3 is 15.2 Å². The van der Waals surface area contributed by atoms with E-state index in [-0.39, 0.29) is 11.7 Å². The number of carbonyl (C=O) groups is 1. The Kier molecular flexibility index (Phi) is 5.77. The van der Waals surface area contributed by atoms with Gasteiger partial charge in [-0.2, -0.15) is 0 Å². The smallest absolute Gasteiger partial charge is 0.253 e. The lowest BCUT2D eigenvalue weighted by Gasteiger charge is -2.29. The van der Waals surface area contributed by atoms with Crippen molar-refractivity contribution in [3.05, 3.63) is 84.3 Å². The van der Waals surface area contributed by atoms with Gasteiger partial charge in [-0.05, 0) is 60.7 Å². The number of hydrogen-bond donors (Lipinski definition) is 2. The van der Waals surface area contributed by atoms with Gasteiger partial charge >= 0.3 is 0 Å². The van der Waals surface area contributed by atoms with Crippen molar-refractivity contribution in [1.29, 1.82) is 0 Å². The second-order valence-corrected chi connectivity index (χ2v) is 9.10. The Morgan fingerprint density at radius 2 is 1.92 bits per heavy atom. The van der Waals surface area contributed by atoms with Gasteiger partial charge in [0.1, 0.15) is 17.0 Å². The third kappa shape index (κ3) is 4.15. The van der Waals surface area contributed by atoms with Crippen molar-refractivity contribution >= 4 is 33.5 Å². The van der Waals surface area contributed by atoms with Crippen molar-refractivity contribution in [1.82, 2.24) is 25.3 Å². The van der Waals surface area contributed by atoms with Crippen LogP contribution < -0.4 is 10.2 Å². The average molecular weight is 481 g/mol. The number of aromatic amines is 1. The highest BCUT2D eigenvalue weighted by Crippen LogP contribution is 2.35. The van der Waals surface area contributed by atoms with E-state index >= 15 is 4.39 Å². The molecule has 0 spiro atoms. The molecule has 5 heterocycles. The van der Waals surface area contributed by atoms with Gasteiger partial charge in [0.2, 0.25) is 0 Å². The molecule has 0 atom stereocenters. The predicted octanol–water partition coefficient (Wildman–Crippen LogP) is 5.23.